The number of amides is 1. The Morgan fingerprint density at radius 1 is 1.05 bits per heavy atom. The molecule has 0 aromatic heterocycles. The summed E-state index contributed by atoms with van der Waals surface area (Å²) in [5.41, 5.74) is 0.863. The van der Waals surface area contributed by atoms with Crippen LogP contribution in [0.15, 0.2) is 48.5 Å². The number of rotatable bonds is 4. The minimum atomic E-state index is -0.713. The number of carbonyl (C=O) groups is 1. The van der Waals surface area contributed by atoms with Gasteiger partial charge in [0.2, 0.25) is 5.91 Å². The van der Waals surface area contributed by atoms with E-state index in [2.05, 4.69) is 5.32 Å². The quantitative estimate of drug-likeness (QED) is 0.850. The Bertz CT molecular complexity index is 696. The van der Waals surface area contributed by atoms with E-state index < -0.39 is 23.6 Å². The van der Waals surface area contributed by atoms with Gasteiger partial charge in [-0.3, -0.25) is 4.79 Å². The zero-order valence-electron chi connectivity index (χ0n) is 11.8. The van der Waals surface area contributed by atoms with Crippen molar-refractivity contribution in [2.45, 2.75) is 13.0 Å². The fourth-order valence-electron chi connectivity index (χ4n) is 1.94. The van der Waals surface area contributed by atoms with Gasteiger partial charge in [0.25, 0.3) is 0 Å². The average molecular weight is 305 g/mol. The number of carbonyl (C=O) groups excluding carboxylic acids is 1. The molecule has 1 amide bonds. The van der Waals surface area contributed by atoms with Gasteiger partial charge >= 0.3 is 0 Å². The molecule has 2 aromatic carbocycles. The van der Waals surface area contributed by atoms with Gasteiger partial charge in [0.1, 0.15) is 17.5 Å². The minimum absolute atomic E-state index is 0.199. The molecule has 1 N–H and O–H groups in total. The lowest BCUT2D eigenvalue weighted by Gasteiger charge is -2.13. The normalized spacial score (nSPS) is 12.4. The van der Waals surface area contributed by atoms with Gasteiger partial charge in [-0.05, 0) is 36.8 Å². The molecule has 0 fully saturated rings. The third kappa shape index (κ3) is 4.22. The van der Waals surface area contributed by atoms with E-state index in [1.807, 2.05) is 0 Å². The summed E-state index contributed by atoms with van der Waals surface area (Å²) in [6.45, 7) is 1.60. The molecule has 2 aromatic rings. The third-order valence-corrected chi connectivity index (χ3v) is 3.08. The summed E-state index contributed by atoms with van der Waals surface area (Å²) >= 11 is 0. The maximum atomic E-state index is 13.6. The summed E-state index contributed by atoms with van der Waals surface area (Å²) in [4.78, 5) is 11.8. The van der Waals surface area contributed by atoms with E-state index in [1.54, 1.807) is 6.92 Å². The molecule has 0 saturated heterocycles. The maximum Gasteiger partial charge on any atom is 0.244 e. The highest BCUT2D eigenvalue weighted by Gasteiger charge is 2.12. The fraction of sp³-hybridized carbons (Fsp3) is 0.118. The van der Waals surface area contributed by atoms with Crippen molar-refractivity contribution in [3.8, 4) is 0 Å². The Hall–Kier alpha value is -2.56. The van der Waals surface area contributed by atoms with Crippen LogP contribution in [0.4, 0.5) is 13.2 Å². The van der Waals surface area contributed by atoms with Gasteiger partial charge in [-0.15, -0.1) is 0 Å². The molecule has 22 heavy (non-hydrogen) atoms. The number of nitrogens with one attached hydrogen (secondary N) is 1. The largest absolute Gasteiger partial charge is 0.346 e. The molecular formula is C17H14F3NO. The van der Waals surface area contributed by atoms with Crippen molar-refractivity contribution in [2.75, 3.05) is 0 Å². The molecule has 0 bridgehead atoms. The van der Waals surface area contributed by atoms with Gasteiger partial charge in [0, 0.05) is 17.7 Å². The van der Waals surface area contributed by atoms with E-state index in [1.165, 1.54) is 42.5 Å². The molecule has 0 heterocycles. The Morgan fingerprint density at radius 2 is 1.68 bits per heavy atom. The lowest BCUT2D eigenvalue weighted by Crippen LogP contribution is -2.25. The second-order valence-electron chi connectivity index (χ2n) is 4.78. The predicted octanol–water partition coefficient (Wildman–Crippen LogP) is 3.99. The van der Waals surface area contributed by atoms with Crippen molar-refractivity contribution < 1.29 is 18.0 Å². The number of halogens is 3. The Balaban J connectivity index is 2.00. The van der Waals surface area contributed by atoms with Gasteiger partial charge < -0.3 is 5.32 Å². The summed E-state index contributed by atoms with van der Waals surface area (Å²) < 4.78 is 39.2. The van der Waals surface area contributed by atoms with Crippen molar-refractivity contribution in [3.63, 3.8) is 0 Å². The van der Waals surface area contributed by atoms with E-state index in [0.717, 1.165) is 12.1 Å². The first-order chi connectivity index (χ1) is 10.5. The molecule has 0 spiro atoms. The van der Waals surface area contributed by atoms with Crippen LogP contribution < -0.4 is 5.32 Å². The van der Waals surface area contributed by atoms with Crippen molar-refractivity contribution in [1.82, 2.24) is 5.32 Å². The van der Waals surface area contributed by atoms with Crippen LogP contribution in [0.1, 0.15) is 24.1 Å². The summed E-state index contributed by atoms with van der Waals surface area (Å²) in [6, 6.07) is 8.22. The Kier molecular flexibility index (Phi) is 4.99. The SMILES string of the molecule is C[C@H](NC(=O)/C=C/c1ccc(F)cc1)c1ccc(F)cc1F. The van der Waals surface area contributed by atoms with Gasteiger partial charge in [-0.25, -0.2) is 13.2 Å². The molecule has 2 nitrogen and oxygen atoms in total. The molecule has 0 aliphatic heterocycles. The number of hydrogen-bond acceptors (Lipinski definition) is 1. The molecule has 0 saturated carbocycles. The Morgan fingerprint density at radius 3 is 2.32 bits per heavy atom. The van der Waals surface area contributed by atoms with Gasteiger partial charge in [-0.2, -0.15) is 0 Å². The minimum Gasteiger partial charge on any atom is -0.346 e. The summed E-state index contributed by atoms with van der Waals surface area (Å²) in [5, 5.41) is 2.58. The van der Waals surface area contributed by atoms with Crippen LogP contribution in [0, 0.1) is 17.5 Å². The highest BCUT2D eigenvalue weighted by Crippen LogP contribution is 2.17. The van der Waals surface area contributed by atoms with E-state index in [4.69, 9.17) is 0 Å². The van der Waals surface area contributed by atoms with Crippen LogP contribution in [0.2, 0.25) is 0 Å². The Labute approximate surface area is 126 Å². The summed E-state index contributed by atoms with van der Waals surface area (Å²) in [7, 11) is 0. The van der Waals surface area contributed by atoms with Crippen LogP contribution in [-0.2, 0) is 4.79 Å². The molecule has 2 rings (SSSR count). The zero-order valence-corrected chi connectivity index (χ0v) is 11.8. The lowest BCUT2D eigenvalue weighted by molar-refractivity contribution is -0.117. The molecule has 5 heteroatoms. The van der Waals surface area contributed by atoms with Crippen molar-refractivity contribution in [1.29, 1.82) is 0 Å². The van der Waals surface area contributed by atoms with Gasteiger partial charge in [0.05, 0.1) is 6.04 Å². The molecule has 0 unspecified atom stereocenters. The van der Waals surface area contributed by atoms with Crippen molar-refractivity contribution >= 4 is 12.0 Å². The van der Waals surface area contributed by atoms with E-state index in [-0.39, 0.29) is 11.4 Å². The molecule has 1 atom stereocenters. The average Bonchev–Trinajstić information content (AvgIpc) is 2.46. The first-order valence-corrected chi connectivity index (χ1v) is 6.65. The topological polar surface area (TPSA) is 29.1 Å². The first-order valence-electron chi connectivity index (χ1n) is 6.65. The molecule has 114 valence electrons. The number of hydrogen-bond donors (Lipinski definition) is 1. The second-order valence-corrected chi connectivity index (χ2v) is 4.78. The van der Waals surface area contributed by atoms with Crippen LogP contribution in [0.5, 0.6) is 0 Å². The van der Waals surface area contributed by atoms with Crippen LogP contribution in [-0.4, -0.2) is 5.91 Å². The smallest absolute Gasteiger partial charge is 0.244 e. The van der Waals surface area contributed by atoms with E-state index >= 15 is 0 Å². The van der Waals surface area contributed by atoms with E-state index in [0.29, 0.717) is 5.56 Å². The van der Waals surface area contributed by atoms with Crippen molar-refractivity contribution in [2.24, 2.45) is 0 Å². The number of benzene rings is 2. The molecule has 0 aliphatic carbocycles. The molecular weight excluding hydrogens is 291 g/mol. The predicted molar refractivity (Wildman–Crippen MR) is 78.3 cm³/mol. The second kappa shape index (κ2) is 6.93. The summed E-state index contributed by atoms with van der Waals surface area (Å²) in [6.07, 6.45) is 2.79. The van der Waals surface area contributed by atoms with Crippen LogP contribution in [0.3, 0.4) is 0 Å². The van der Waals surface area contributed by atoms with E-state index in [9.17, 15) is 18.0 Å². The van der Waals surface area contributed by atoms with Crippen molar-refractivity contribution in [3.05, 3.63) is 77.1 Å². The van der Waals surface area contributed by atoms with Crippen LogP contribution in [0.25, 0.3) is 6.08 Å². The van der Waals surface area contributed by atoms with Gasteiger partial charge in [-0.1, -0.05) is 18.2 Å². The molecule has 0 radical (unpaired) electrons. The molecule has 0 aliphatic rings. The van der Waals surface area contributed by atoms with Crippen LogP contribution >= 0.6 is 0 Å². The highest BCUT2D eigenvalue weighted by atomic mass is 19.1. The highest BCUT2D eigenvalue weighted by molar-refractivity contribution is 5.91. The third-order valence-electron chi connectivity index (χ3n) is 3.08. The van der Waals surface area contributed by atoms with Gasteiger partial charge in [0.15, 0.2) is 0 Å². The maximum absolute atomic E-state index is 13.6. The standard InChI is InChI=1S/C17H14F3NO/c1-11(15-8-7-14(19)10-16(15)20)21-17(22)9-4-12-2-5-13(18)6-3-12/h2-11H,1H3,(H,21,22)/b9-4+/t11-/m0/s1. The zero-order chi connectivity index (χ0) is 16.1. The first kappa shape index (κ1) is 15.8. The fourth-order valence-corrected chi connectivity index (χ4v) is 1.94. The lowest BCUT2D eigenvalue weighted by atomic mass is 10.1. The summed E-state index contributed by atoms with van der Waals surface area (Å²) in [5.74, 6) is -2.17. The monoisotopic (exact) mass is 305 g/mol.